The van der Waals surface area contributed by atoms with E-state index in [2.05, 4.69) is 15.2 Å². The Morgan fingerprint density at radius 2 is 1.76 bits per heavy atom. The summed E-state index contributed by atoms with van der Waals surface area (Å²) in [7, 11) is 1.87. The summed E-state index contributed by atoms with van der Waals surface area (Å²) < 4.78 is 7.57. The second-order valence-corrected chi connectivity index (χ2v) is 11.1. The first kappa shape index (κ1) is 22.7. The Morgan fingerprint density at radius 3 is 2.41 bits per heavy atom. The zero-order chi connectivity index (χ0) is 24.3. The summed E-state index contributed by atoms with van der Waals surface area (Å²) >= 11 is 0. The first-order valence-corrected chi connectivity index (χ1v) is 12.3. The zero-order valence-electron chi connectivity index (χ0n) is 20.4. The van der Waals surface area contributed by atoms with Crippen LogP contribution in [0.2, 0.25) is 0 Å². The summed E-state index contributed by atoms with van der Waals surface area (Å²) in [5, 5.41) is 7.02. The Morgan fingerprint density at radius 1 is 1.06 bits per heavy atom. The lowest BCUT2D eigenvalue weighted by atomic mass is 9.74. The van der Waals surface area contributed by atoms with E-state index in [-0.39, 0.29) is 29.4 Å². The van der Waals surface area contributed by atoms with Crippen LogP contribution in [-0.4, -0.2) is 58.7 Å². The molecule has 1 aromatic carbocycles. The molecule has 1 spiro atoms. The molecular weight excluding hydrogens is 432 g/mol. The molecule has 8 nitrogen and oxygen atoms in total. The van der Waals surface area contributed by atoms with Crippen LogP contribution in [-0.2, 0) is 10.3 Å². The maximum atomic E-state index is 13.2. The summed E-state index contributed by atoms with van der Waals surface area (Å²) in [6.07, 6.45) is 5.30. The molecular formula is C26H34N4O4. The number of ether oxygens (including phenoxy) is 1. The van der Waals surface area contributed by atoms with Gasteiger partial charge in [-0.15, -0.1) is 0 Å². The van der Waals surface area contributed by atoms with E-state index in [1.165, 1.54) is 0 Å². The van der Waals surface area contributed by atoms with E-state index in [0.29, 0.717) is 17.8 Å². The Bertz CT molecular complexity index is 1160. The third-order valence-corrected chi connectivity index (χ3v) is 7.46. The molecule has 2 aliphatic carbocycles. The molecule has 1 aromatic heterocycles. The molecule has 34 heavy (non-hydrogen) atoms. The molecule has 0 saturated heterocycles. The summed E-state index contributed by atoms with van der Waals surface area (Å²) in [4.78, 5) is 40.1. The summed E-state index contributed by atoms with van der Waals surface area (Å²) in [6, 6.07) is 7.31. The van der Waals surface area contributed by atoms with Crippen molar-refractivity contribution in [2.75, 3.05) is 13.6 Å². The van der Waals surface area contributed by atoms with Crippen molar-refractivity contribution in [3.8, 4) is 0 Å². The second-order valence-electron chi connectivity index (χ2n) is 11.1. The van der Waals surface area contributed by atoms with Crippen molar-refractivity contribution < 1.29 is 19.1 Å². The van der Waals surface area contributed by atoms with Crippen LogP contribution in [0.1, 0.15) is 80.1 Å². The summed E-state index contributed by atoms with van der Waals surface area (Å²) in [6.45, 7) is 6.20. The molecule has 2 fully saturated rings. The average molecular weight is 467 g/mol. The first-order chi connectivity index (χ1) is 16.1. The number of hydrogen-bond acceptors (Lipinski definition) is 4. The van der Waals surface area contributed by atoms with Crippen LogP contribution in [0.4, 0.5) is 4.79 Å². The quantitative estimate of drug-likeness (QED) is 0.720. The number of carbonyl (C=O) groups is 3. The lowest BCUT2D eigenvalue weighted by Gasteiger charge is -2.49. The molecule has 3 aliphatic rings. The van der Waals surface area contributed by atoms with Gasteiger partial charge in [0.05, 0.1) is 17.1 Å². The van der Waals surface area contributed by atoms with Gasteiger partial charge < -0.3 is 24.8 Å². The van der Waals surface area contributed by atoms with Crippen LogP contribution in [0.25, 0.3) is 10.9 Å². The van der Waals surface area contributed by atoms with Crippen LogP contribution in [0.15, 0.2) is 24.3 Å². The van der Waals surface area contributed by atoms with E-state index < -0.39 is 11.7 Å². The number of aromatic nitrogens is 1. The second kappa shape index (κ2) is 8.03. The molecule has 3 amide bonds. The van der Waals surface area contributed by atoms with Gasteiger partial charge in [0.1, 0.15) is 11.3 Å². The molecule has 0 radical (unpaired) electrons. The third kappa shape index (κ3) is 3.93. The topological polar surface area (TPSA) is 92.7 Å². The number of nitrogens with one attached hydrogen (secondary N) is 2. The molecule has 182 valence electrons. The normalized spacial score (nSPS) is 23.5. The van der Waals surface area contributed by atoms with Crippen LogP contribution in [0.3, 0.4) is 0 Å². The molecule has 2 unspecified atom stereocenters. The van der Waals surface area contributed by atoms with Gasteiger partial charge in [-0.3, -0.25) is 9.59 Å². The Hall–Kier alpha value is -3.03. The van der Waals surface area contributed by atoms with E-state index in [1.807, 2.05) is 57.0 Å². The lowest BCUT2D eigenvalue weighted by Crippen LogP contribution is -2.55. The minimum Gasteiger partial charge on any atom is -0.444 e. The predicted molar refractivity (Wildman–Crippen MR) is 129 cm³/mol. The largest absolute Gasteiger partial charge is 0.444 e. The van der Waals surface area contributed by atoms with E-state index in [0.717, 1.165) is 49.4 Å². The van der Waals surface area contributed by atoms with Crippen molar-refractivity contribution in [3.05, 3.63) is 35.5 Å². The Balaban J connectivity index is 1.37. The molecule has 8 heteroatoms. The predicted octanol–water partition coefficient (Wildman–Crippen LogP) is 3.78. The number of rotatable bonds is 3. The van der Waals surface area contributed by atoms with Gasteiger partial charge in [-0.2, -0.15) is 0 Å². The van der Waals surface area contributed by atoms with Gasteiger partial charge in [0.2, 0.25) is 0 Å². The van der Waals surface area contributed by atoms with Crippen LogP contribution in [0, 0.1) is 0 Å². The summed E-state index contributed by atoms with van der Waals surface area (Å²) in [5.41, 5.74) is 1.58. The van der Waals surface area contributed by atoms with Crippen molar-refractivity contribution in [2.24, 2.45) is 0 Å². The van der Waals surface area contributed by atoms with Crippen molar-refractivity contribution in [1.29, 1.82) is 0 Å². The highest BCUT2D eigenvalue weighted by Crippen LogP contribution is 2.46. The van der Waals surface area contributed by atoms with Gasteiger partial charge >= 0.3 is 6.09 Å². The van der Waals surface area contributed by atoms with E-state index in [9.17, 15) is 14.4 Å². The number of nitrogens with zero attached hydrogens (tertiary/aromatic N) is 2. The standard InChI is InChI=1S/C26H34N4O4/c1-25(2,3)34-24(33)28-19-8-5-7-18(19)27-22(31)17-10-9-16-13-21-23(32)29(4)15-26(11-6-12-26)30(21)20(16)14-17/h9-10,13-14,18-19H,5-8,11-12,15H2,1-4H3,(H,27,31)(H,28,33). The molecule has 2 heterocycles. The zero-order valence-corrected chi connectivity index (χ0v) is 20.4. The SMILES string of the molecule is CN1CC2(CCC2)n2c(cc3ccc(C(=O)NC4CCCC4NC(=O)OC(C)(C)C)cc32)C1=O. The van der Waals surface area contributed by atoms with Gasteiger partial charge in [0, 0.05) is 30.6 Å². The fraction of sp³-hybridized carbons (Fsp3) is 0.577. The van der Waals surface area contributed by atoms with Crippen molar-refractivity contribution >= 4 is 28.8 Å². The highest BCUT2D eigenvalue weighted by atomic mass is 16.6. The van der Waals surface area contributed by atoms with E-state index in [4.69, 9.17) is 4.74 Å². The molecule has 1 aliphatic heterocycles. The third-order valence-electron chi connectivity index (χ3n) is 7.46. The van der Waals surface area contributed by atoms with Crippen LogP contribution >= 0.6 is 0 Å². The van der Waals surface area contributed by atoms with Crippen molar-refractivity contribution in [1.82, 2.24) is 20.1 Å². The van der Waals surface area contributed by atoms with Crippen molar-refractivity contribution in [2.45, 2.75) is 82.5 Å². The van der Waals surface area contributed by atoms with Crippen LogP contribution in [0.5, 0.6) is 0 Å². The first-order valence-electron chi connectivity index (χ1n) is 12.3. The molecule has 5 rings (SSSR count). The van der Waals surface area contributed by atoms with E-state index >= 15 is 0 Å². The number of alkyl carbamates (subject to hydrolysis) is 1. The molecule has 2 aromatic rings. The van der Waals surface area contributed by atoms with Gasteiger partial charge in [-0.05, 0) is 77.5 Å². The molecule has 2 N–H and O–H groups in total. The molecule has 2 saturated carbocycles. The fourth-order valence-corrected chi connectivity index (χ4v) is 5.77. The van der Waals surface area contributed by atoms with Gasteiger partial charge in [0.15, 0.2) is 0 Å². The van der Waals surface area contributed by atoms with Gasteiger partial charge in [-0.25, -0.2) is 4.79 Å². The number of carbonyl (C=O) groups excluding carboxylic acids is 3. The number of hydrogen-bond donors (Lipinski definition) is 2. The molecule has 0 bridgehead atoms. The fourth-order valence-electron chi connectivity index (χ4n) is 5.77. The number of likely N-dealkylation sites (N-methyl/N-ethyl adjacent to an activating group) is 1. The summed E-state index contributed by atoms with van der Waals surface area (Å²) in [5.74, 6) is -0.135. The van der Waals surface area contributed by atoms with Gasteiger partial charge in [-0.1, -0.05) is 6.07 Å². The maximum absolute atomic E-state index is 13.2. The number of amides is 3. The smallest absolute Gasteiger partial charge is 0.407 e. The maximum Gasteiger partial charge on any atom is 0.407 e. The average Bonchev–Trinajstić information content (AvgIpc) is 3.32. The number of benzene rings is 1. The molecule has 2 atom stereocenters. The Labute approximate surface area is 200 Å². The minimum atomic E-state index is -0.568. The monoisotopic (exact) mass is 466 g/mol. The highest BCUT2D eigenvalue weighted by molar-refractivity contribution is 6.03. The highest BCUT2D eigenvalue weighted by Gasteiger charge is 2.46. The number of fused-ring (bicyclic) bond motifs is 4. The van der Waals surface area contributed by atoms with Crippen LogP contribution < -0.4 is 10.6 Å². The Kier molecular flexibility index (Phi) is 5.37. The minimum absolute atomic E-state index is 0.0294. The van der Waals surface area contributed by atoms with Gasteiger partial charge in [0.25, 0.3) is 11.8 Å². The van der Waals surface area contributed by atoms with Crippen molar-refractivity contribution in [3.63, 3.8) is 0 Å². The lowest BCUT2D eigenvalue weighted by molar-refractivity contribution is 0.0425. The van der Waals surface area contributed by atoms with E-state index in [1.54, 1.807) is 0 Å².